The number of aromatic nitrogens is 2. The number of halogens is 1. The lowest BCUT2D eigenvalue weighted by Crippen LogP contribution is -2.25. The van der Waals surface area contributed by atoms with Crippen LogP contribution >= 0.6 is 15.9 Å². The van der Waals surface area contributed by atoms with E-state index >= 15 is 0 Å². The van der Waals surface area contributed by atoms with Gasteiger partial charge in [-0.1, -0.05) is 15.9 Å². The average molecular weight is 352 g/mol. The molecule has 2 atom stereocenters. The van der Waals surface area contributed by atoms with Gasteiger partial charge in [-0.05, 0) is 26.0 Å². The second-order valence-corrected chi connectivity index (χ2v) is 6.50. The molecule has 1 aliphatic rings. The Hall–Kier alpha value is -1.56. The number of hydrogen-bond acceptors (Lipinski definition) is 3. The maximum Gasteiger partial charge on any atom is 0.220 e. The molecule has 1 amide bonds. The lowest BCUT2D eigenvalue weighted by atomic mass is 10.0. The molecule has 2 aromatic rings. The molecular formula is C15H18BrN3O2. The van der Waals surface area contributed by atoms with Gasteiger partial charge in [0.1, 0.15) is 23.2 Å². The number of nitrogens with zero attached hydrogens (tertiary/aromatic N) is 2. The number of imidazole rings is 1. The zero-order valence-corrected chi connectivity index (χ0v) is 13.9. The van der Waals surface area contributed by atoms with Crippen molar-refractivity contribution in [3.05, 3.63) is 22.4 Å². The van der Waals surface area contributed by atoms with Crippen LogP contribution in [0, 0.1) is 12.8 Å². The van der Waals surface area contributed by atoms with Gasteiger partial charge < -0.3 is 14.6 Å². The summed E-state index contributed by atoms with van der Waals surface area (Å²) in [6.45, 7) is 4.67. The van der Waals surface area contributed by atoms with Gasteiger partial charge >= 0.3 is 0 Å². The van der Waals surface area contributed by atoms with Crippen LogP contribution in [0.3, 0.4) is 0 Å². The largest absolute Gasteiger partial charge is 0.488 e. The Balaban J connectivity index is 1.94. The zero-order chi connectivity index (χ0) is 15.1. The Morgan fingerprint density at radius 1 is 1.52 bits per heavy atom. The highest BCUT2D eigenvalue weighted by Crippen LogP contribution is 2.32. The first-order valence-electron chi connectivity index (χ1n) is 7.01. The fourth-order valence-corrected chi connectivity index (χ4v) is 3.16. The van der Waals surface area contributed by atoms with Crippen molar-refractivity contribution < 1.29 is 9.53 Å². The molecule has 6 heteroatoms. The Morgan fingerprint density at radius 3 is 2.95 bits per heavy atom. The number of benzene rings is 1. The number of nitrogens with one attached hydrogen (secondary N) is 1. The van der Waals surface area contributed by atoms with Gasteiger partial charge in [-0.15, -0.1) is 0 Å². The normalized spacial score (nSPS) is 19.8. The van der Waals surface area contributed by atoms with Gasteiger partial charge in [0.2, 0.25) is 5.91 Å². The predicted octanol–water partition coefficient (Wildman–Crippen LogP) is 2.55. The average Bonchev–Trinajstić information content (AvgIpc) is 2.95. The second-order valence-electron chi connectivity index (χ2n) is 5.58. The fourth-order valence-electron chi connectivity index (χ4n) is 2.74. The zero-order valence-electron chi connectivity index (χ0n) is 12.3. The van der Waals surface area contributed by atoms with Gasteiger partial charge in [-0.25, -0.2) is 4.98 Å². The minimum Gasteiger partial charge on any atom is -0.488 e. The summed E-state index contributed by atoms with van der Waals surface area (Å²) >= 11 is 3.50. The summed E-state index contributed by atoms with van der Waals surface area (Å²) in [7, 11) is 1.98. The molecular weight excluding hydrogens is 334 g/mol. The minimum absolute atomic E-state index is 0.0309. The molecule has 1 aliphatic heterocycles. The number of aryl methyl sites for hydroxylation is 2. The molecule has 5 nitrogen and oxygen atoms in total. The Labute approximate surface area is 131 Å². The molecule has 1 fully saturated rings. The Bertz CT molecular complexity index is 710. The van der Waals surface area contributed by atoms with E-state index in [-0.39, 0.29) is 17.9 Å². The molecule has 1 aromatic carbocycles. The van der Waals surface area contributed by atoms with Gasteiger partial charge in [-0.2, -0.15) is 0 Å². The highest BCUT2D eigenvalue weighted by atomic mass is 79.9. The summed E-state index contributed by atoms with van der Waals surface area (Å²) in [5, 5.41) is 2.85. The van der Waals surface area contributed by atoms with Gasteiger partial charge in [0.05, 0.1) is 5.52 Å². The molecule has 0 saturated carbocycles. The molecule has 0 spiro atoms. The van der Waals surface area contributed by atoms with Crippen LogP contribution < -0.4 is 10.1 Å². The van der Waals surface area contributed by atoms with E-state index in [0.717, 1.165) is 27.1 Å². The number of amides is 1. The third-order valence-corrected chi connectivity index (χ3v) is 4.57. The maximum absolute atomic E-state index is 11.3. The summed E-state index contributed by atoms with van der Waals surface area (Å²) < 4.78 is 9.12. The van der Waals surface area contributed by atoms with E-state index in [0.29, 0.717) is 13.0 Å². The van der Waals surface area contributed by atoms with Crippen LogP contribution in [-0.4, -0.2) is 28.1 Å². The third-order valence-electron chi connectivity index (χ3n) is 4.11. The van der Waals surface area contributed by atoms with E-state index in [2.05, 4.69) is 26.2 Å². The second kappa shape index (κ2) is 5.33. The van der Waals surface area contributed by atoms with Crippen LogP contribution in [-0.2, 0) is 11.8 Å². The molecule has 2 heterocycles. The van der Waals surface area contributed by atoms with Crippen LogP contribution in [0.25, 0.3) is 11.0 Å². The fraction of sp³-hybridized carbons (Fsp3) is 0.467. The quantitative estimate of drug-likeness (QED) is 0.924. The lowest BCUT2D eigenvalue weighted by Gasteiger charge is -2.20. The third kappa shape index (κ3) is 2.64. The molecule has 0 radical (unpaired) electrons. The van der Waals surface area contributed by atoms with E-state index in [9.17, 15) is 4.79 Å². The summed E-state index contributed by atoms with van der Waals surface area (Å²) in [6.07, 6.45) is 0.500. The number of fused-ring (bicyclic) bond motifs is 1. The standard InChI is InChI=1S/C15H18BrN3O2/c1-8(10-4-14(20)17-7-10)21-13-6-11(16)5-12-15(13)19(3)9(2)18-12/h5-6,8,10H,4,7H2,1-3H3,(H,17,20)/t8-,10?/m1/s1. The van der Waals surface area contributed by atoms with Crippen molar-refractivity contribution in [2.75, 3.05) is 6.54 Å². The van der Waals surface area contributed by atoms with Crippen molar-refractivity contribution >= 4 is 32.9 Å². The van der Waals surface area contributed by atoms with Gasteiger partial charge in [0.15, 0.2) is 0 Å². The van der Waals surface area contributed by atoms with E-state index in [1.165, 1.54) is 0 Å². The van der Waals surface area contributed by atoms with E-state index in [1.807, 2.05) is 37.6 Å². The van der Waals surface area contributed by atoms with E-state index in [1.54, 1.807) is 0 Å². The Morgan fingerprint density at radius 2 is 2.29 bits per heavy atom. The first-order valence-corrected chi connectivity index (χ1v) is 7.81. The van der Waals surface area contributed by atoms with Crippen molar-refractivity contribution in [1.29, 1.82) is 0 Å². The summed E-state index contributed by atoms with van der Waals surface area (Å²) in [6, 6.07) is 3.95. The van der Waals surface area contributed by atoms with E-state index in [4.69, 9.17) is 4.74 Å². The van der Waals surface area contributed by atoms with Gasteiger partial charge in [0, 0.05) is 30.4 Å². The topological polar surface area (TPSA) is 56.1 Å². The van der Waals surface area contributed by atoms with Crippen LogP contribution in [0.2, 0.25) is 0 Å². The molecule has 0 aliphatic carbocycles. The maximum atomic E-state index is 11.3. The highest BCUT2D eigenvalue weighted by molar-refractivity contribution is 9.10. The number of rotatable bonds is 3. The van der Waals surface area contributed by atoms with Crippen molar-refractivity contribution in [2.45, 2.75) is 26.4 Å². The number of carbonyl (C=O) groups is 1. The predicted molar refractivity (Wildman–Crippen MR) is 84.4 cm³/mol. The van der Waals surface area contributed by atoms with Crippen molar-refractivity contribution in [2.24, 2.45) is 13.0 Å². The first-order chi connectivity index (χ1) is 9.95. The lowest BCUT2D eigenvalue weighted by molar-refractivity contribution is -0.119. The Kier molecular flexibility index (Phi) is 3.65. The van der Waals surface area contributed by atoms with Crippen LogP contribution in [0.15, 0.2) is 16.6 Å². The van der Waals surface area contributed by atoms with Crippen molar-refractivity contribution in [3.63, 3.8) is 0 Å². The molecule has 1 saturated heterocycles. The number of ether oxygens (including phenoxy) is 1. The first kappa shape index (κ1) is 14.4. The molecule has 0 bridgehead atoms. The number of hydrogen-bond donors (Lipinski definition) is 1. The smallest absolute Gasteiger partial charge is 0.220 e. The van der Waals surface area contributed by atoms with Gasteiger partial charge in [0.25, 0.3) is 0 Å². The molecule has 1 N–H and O–H groups in total. The minimum atomic E-state index is -0.0309. The van der Waals surface area contributed by atoms with Crippen LogP contribution in [0.4, 0.5) is 0 Å². The summed E-state index contributed by atoms with van der Waals surface area (Å²) in [4.78, 5) is 15.9. The molecule has 1 aromatic heterocycles. The van der Waals surface area contributed by atoms with Crippen LogP contribution in [0.5, 0.6) is 5.75 Å². The highest BCUT2D eigenvalue weighted by Gasteiger charge is 2.28. The summed E-state index contributed by atoms with van der Waals surface area (Å²) in [5.74, 6) is 2.06. The molecule has 3 rings (SSSR count). The number of carbonyl (C=O) groups excluding carboxylic acids is 1. The van der Waals surface area contributed by atoms with E-state index < -0.39 is 0 Å². The summed E-state index contributed by atoms with van der Waals surface area (Å²) in [5.41, 5.74) is 1.90. The molecule has 1 unspecified atom stereocenters. The van der Waals surface area contributed by atoms with Crippen molar-refractivity contribution in [3.8, 4) is 5.75 Å². The molecule has 112 valence electrons. The molecule has 21 heavy (non-hydrogen) atoms. The van der Waals surface area contributed by atoms with Crippen LogP contribution in [0.1, 0.15) is 19.2 Å². The monoisotopic (exact) mass is 351 g/mol. The van der Waals surface area contributed by atoms with Crippen molar-refractivity contribution in [1.82, 2.24) is 14.9 Å². The van der Waals surface area contributed by atoms with Gasteiger partial charge in [-0.3, -0.25) is 4.79 Å². The SMILES string of the molecule is Cc1nc2cc(Br)cc(O[C@H](C)C3CNC(=O)C3)c2n1C.